The first-order chi connectivity index (χ1) is 14.1. The number of piperazine rings is 1. The predicted molar refractivity (Wildman–Crippen MR) is 108 cm³/mol. The van der Waals surface area contributed by atoms with Gasteiger partial charge < -0.3 is 19.3 Å². The minimum atomic E-state index is -0.600. The summed E-state index contributed by atoms with van der Waals surface area (Å²) < 4.78 is 10.9. The van der Waals surface area contributed by atoms with Crippen molar-refractivity contribution in [1.82, 2.24) is 9.80 Å². The summed E-state index contributed by atoms with van der Waals surface area (Å²) >= 11 is 0. The molecule has 0 radical (unpaired) electrons. The SMILES string of the molecule is COc1ccc(CN2C(=O)[C@H]3CC[C@@H](OC)[C@@H]2C(=O)N3Cc2ccccc2)cc1. The minimum Gasteiger partial charge on any atom is -0.497 e. The number of hydrogen-bond acceptors (Lipinski definition) is 4. The fourth-order valence-corrected chi connectivity index (χ4v) is 4.36. The van der Waals surface area contributed by atoms with Crippen LogP contribution in [-0.4, -0.2) is 54.0 Å². The molecule has 5 rings (SSSR count). The van der Waals surface area contributed by atoms with Gasteiger partial charge in [0, 0.05) is 20.2 Å². The van der Waals surface area contributed by atoms with Crippen LogP contribution in [0.25, 0.3) is 0 Å². The van der Waals surface area contributed by atoms with E-state index >= 15 is 0 Å². The molecule has 0 spiro atoms. The van der Waals surface area contributed by atoms with Crippen LogP contribution in [0, 0.1) is 0 Å². The number of methoxy groups -OCH3 is 2. The fraction of sp³-hybridized carbons (Fsp3) is 0.391. The van der Waals surface area contributed by atoms with Crippen molar-refractivity contribution in [3.05, 3.63) is 65.7 Å². The smallest absolute Gasteiger partial charge is 0.249 e. The van der Waals surface area contributed by atoms with Crippen LogP contribution in [0.2, 0.25) is 0 Å². The lowest BCUT2D eigenvalue weighted by molar-refractivity contribution is -0.165. The predicted octanol–water partition coefficient (Wildman–Crippen LogP) is 2.61. The van der Waals surface area contributed by atoms with Gasteiger partial charge in [0.1, 0.15) is 17.8 Å². The highest BCUT2D eigenvalue weighted by molar-refractivity contribution is 5.98. The molecule has 3 aliphatic rings. The molecular formula is C23H26N2O4. The summed E-state index contributed by atoms with van der Waals surface area (Å²) in [7, 11) is 3.24. The van der Waals surface area contributed by atoms with Gasteiger partial charge in [-0.15, -0.1) is 0 Å². The van der Waals surface area contributed by atoms with Crippen LogP contribution in [0.15, 0.2) is 54.6 Å². The summed E-state index contributed by atoms with van der Waals surface area (Å²) in [6.07, 6.45) is 1.01. The van der Waals surface area contributed by atoms with E-state index in [0.29, 0.717) is 25.9 Å². The topological polar surface area (TPSA) is 59.1 Å². The van der Waals surface area contributed by atoms with Gasteiger partial charge in [0.15, 0.2) is 0 Å². The summed E-state index contributed by atoms with van der Waals surface area (Å²) in [6.45, 7) is 0.828. The van der Waals surface area contributed by atoms with E-state index in [4.69, 9.17) is 9.47 Å². The van der Waals surface area contributed by atoms with E-state index in [1.54, 1.807) is 24.0 Å². The first-order valence-corrected chi connectivity index (χ1v) is 9.93. The molecule has 3 atom stereocenters. The van der Waals surface area contributed by atoms with Crippen LogP contribution in [0.5, 0.6) is 5.75 Å². The molecular weight excluding hydrogens is 368 g/mol. The van der Waals surface area contributed by atoms with Gasteiger partial charge in [0.25, 0.3) is 0 Å². The average molecular weight is 394 g/mol. The number of hydrogen-bond donors (Lipinski definition) is 0. The molecule has 3 aliphatic heterocycles. The Labute approximate surface area is 171 Å². The second kappa shape index (κ2) is 8.25. The summed E-state index contributed by atoms with van der Waals surface area (Å²) in [4.78, 5) is 30.3. The number of ether oxygens (including phenoxy) is 2. The molecule has 3 heterocycles. The fourth-order valence-electron chi connectivity index (χ4n) is 4.36. The number of carbonyl (C=O) groups excluding carboxylic acids is 2. The number of rotatable bonds is 6. The Bertz CT molecular complexity index is 868. The van der Waals surface area contributed by atoms with E-state index in [9.17, 15) is 9.59 Å². The van der Waals surface area contributed by atoms with Gasteiger partial charge in [-0.1, -0.05) is 42.5 Å². The molecule has 2 aromatic carbocycles. The maximum atomic E-state index is 13.5. The Balaban J connectivity index is 1.62. The van der Waals surface area contributed by atoms with Crippen LogP contribution in [-0.2, 0) is 27.4 Å². The number of nitrogens with zero attached hydrogens (tertiary/aromatic N) is 2. The van der Waals surface area contributed by atoms with Crippen LogP contribution in [0.4, 0.5) is 0 Å². The molecule has 2 amide bonds. The van der Waals surface area contributed by atoms with Gasteiger partial charge in [-0.2, -0.15) is 0 Å². The third-order valence-electron chi connectivity index (χ3n) is 5.90. The highest BCUT2D eigenvalue weighted by Crippen LogP contribution is 2.33. The van der Waals surface area contributed by atoms with Crippen molar-refractivity contribution >= 4 is 11.8 Å². The van der Waals surface area contributed by atoms with Crippen molar-refractivity contribution in [2.45, 2.75) is 44.1 Å². The molecule has 2 aromatic rings. The Hall–Kier alpha value is -2.86. The van der Waals surface area contributed by atoms with Gasteiger partial charge in [0.05, 0.1) is 13.2 Å². The van der Waals surface area contributed by atoms with E-state index in [-0.39, 0.29) is 17.9 Å². The second-order valence-electron chi connectivity index (χ2n) is 7.58. The Morgan fingerprint density at radius 3 is 2.14 bits per heavy atom. The summed E-state index contributed by atoms with van der Waals surface area (Å²) in [5.74, 6) is 0.731. The lowest BCUT2D eigenvalue weighted by Gasteiger charge is -2.44. The molecule has 29 heavy (non-hydrogen) atoms. The van der Waals surface area contributed by atoms with Crippen LogP contribution < -0.4 is 4.74 Å². The molecule has 6 heteroatoms. The lowest BCUT2D eigenvalue weighted by Crippen LogP contribution is -2.64. The van der Waals surface area contributed by atoms with Gasteiger partial charge in [-0.25, -0.2) is 0 Å². The normalized spacial score (nSPS) is 24.0. The molecule has 0 unspecified atom stereocenters. The van der Waals surface area contributed by atoms with Crippen LogP contribution in [0.3, 0.4) is 0 Å². The standard InChI is InChI=1S/C23H26N2O4/c1-28-18-10-8-17(9-11-18)15-25-21-20(29-2)13-12-19(22(25)26)24(23(21)27)14-16-6-4-3-5-7-16/h3-11,19-21H,12-15H2,1-2H3/t19-,20-,21-/m1/s1. The second-order valence-corrected chi connectivity index (χ2v) is 7.58. The molecule has 152 valence electrons. The maximum absolute atomic E-state index is 13.5. The number of amides is 2. The third-order valence-corrected chi connectivity index (χ3v) is 5.90. The van der Waals surface area contributed by atoms with Gasteiger partial charge in [-0.05, 0) is 36.1 Å². The van der Waals surface area contributed by atoms with E-state index in [0.717, 1.165) is 16.9 Å². The first kappa shape index (κ1) is 19.5. The minimum absolute atomic E-state index is 0.000833. The summed E-state index contributed by atoms with van der Waals surface area (Å²) in [5.41, 5.74) is 1.99. The van der Waals surface area contributed by atoms with Crippen molar-refractivity contribution in [2.75, 3.05) is 14.2 Å². The van der Waals surface area contributed by atoms with Crippen molar-refractivity contribution in [3.8, 4) is 5.75 Å². The molecule has 0 aliphatic carbocycles. The average Bonchev–Trinajstić information content (AvgIpc) is 2.97. The van der Waals surface area contributed by atoms with Crippen molar-refractivity contribution in [3.63, 3.8) is 0 Å². The molecule has 2 bridgehead atoms. The van der Waals surface area contributed by atoms with E-state index in [1.807, 2.05) is 54.6 Å². The molecule has 0 aromatic heterocycles. The molecule has 0 N–H and O–H groups in total. The van der Waals surface area contributed by atoms with Gasteiger partial charge in [0.2, 0.25) is 11.8 Å². The quantitative estimate of drug-likeness (QED) is 0.756. The Morgan fingerprint density at radius 1 is 0.828 bits per heavy atom. The zero-order valence-electron chi connectivity index (χ0n) is 16.8. The maximum Gasteiger partial charge on any atom is 0.249 e. The van der Waals surface area contributed by atoms with Crippen molar-refractivity contribution in [1.29, 1.82) is 0 Å². The number of benzene rings is 2. The van der Waals surface area contributed by atoms with Crippen LogP contribution in [0.1, 0.15) is 24.0 Å². The number of carbonyl (C=O) groups is 2. The van der Waals surface area contributed by atoms with Gasteiger partial charge >= 0.3 is 0 Å². The van der Waals surface area contributed by atoms with Crippen molar-refractivity contribution < 1.29 is 19.1 Å². The lowest BCUT2D eigenvalue weighted by atomic mass is 10.0. The van der Waals surface area contributed by atoms with E-state index in [1.165, 1.54) is 0 Å². The highest BCUT2D eigenvalue weighted by Gasteiger charge is 2.51. The largest absolute Gasteiger partial charge is 0.497 e. The van der Waals surface area contributed by atoms with Gasteiger partial charge in [-0.3, -0.25) is 9.59 Å². The molecule has 3 fully saturated rings. The van der Waals surface area contributed by atoms with E-state index < -0.39 is 12.1 Å². The zero-order valence-corrected chi connectivity index (χ0v) is 16.8. The molecule has 0 saturated carbocycles. The molecule has 3 saturated heterocycles. The van der Waals surface area contributed by atoms with E-state index in [2.05, 4.69) is 0 Å². The zero-order chi connectivity index (χ0) is 20.4. The monoisotopic (exact) mass is 394 g/mol. The molecule has 6 nitrogen and oxygen atoms in total. The first-order valence-electron chi connectivity index (χ1n) is 9.93. The van der Waals surface area contributed by atoms with Crippen molar-refractivity contribution in [2.24, 2.45) is 0 Å². The summed E-state index contributed by atoms with van der Waals surface area (Å²) in [5, 5.41) is 0. The Morgan fingerprint density at radius 2 is 1.48 bits per heavy atom. The Kier molecular flexibility index (Phi) is 5.53. The summed E-state index contributed by atoms with van der Waals surface area (Å²) in [6, 6.07) is 16.4. The number of fused-ring (bicyclic) bond motifs is 4. The third kappa shape index (κ3) is 3.72. The van der Waals surface area contributed by atoms with Crippen LogP contribution >= 0.6 is 0 Å². The highest BCUT2D eigenvalue weighted by atomic mass is 16.5.